The quantitative estimate of drug-likeness (QED) is 0.407. The van der Waals surface area contributed by atoms with Crippen molar-refractivity contribution in [3.05, 3.63) is 54.1 Å². The molecule has 38 heavy (non-hydrogen) atoms. The van der Waals surface area contributed by atoms with Crippen LogP contribution < -0.4 is 19.1 Å². The molecular weight excluding hydrogens is 506 g/mol. The highest BCUT2D eigenvalue weighted by molar-refractivity contribution is 7.92. The van der Waals surface area contributed by atoms with Gasteiger partial charge in [-0.1, -0.05) is 25.1 Å². The summed E-state index contributed by atoms with van der Waals surface area (Å²) in [5.41, 5.74) is 0.868. The lowest BCUT2D eigenvalue weighted by Crippen LogP contribution is -2.53. The first-order valence-electron chi connectivity index (χ1n) is 12.6. The summed E-state index contributed by atoms with van der Waals surface area (Å²) in [4.78, 5) is 28.3. The van der Waals surface area contributed by atoms with E-state index in [9.17, 15) is 18.0 Å². The molecule has 1 N–H and O–H groups in total. The average molecular weight is 548 g/mol. The molecule has 210 valence electrons. The van der Waals surface area contributed by atoms with Crippen LogP contribution >= 0.6 is 0 Å². The van der Waals surface area contributed by atoms with Crippen molar-refractivity contribution in [2.75, 3.05) is 31.3 Å². The van der Waals surface area contributed by atoms with Gasteiger partial charge in [0, 0.05) is 31.1 Å². The largest absolute Gasteiger partial charge is 0.497 e. The highest BCUT2D eigenvalue weighted by Gasteiger charge is 2.30. The molecule has 0 saturated carbocycles. The third-order valence-corrected chi connectivity index (χ3v) is 7.08. The van der Waals surface area contributed by atoms with Crippen molar-refractivity contribution in [1.82, 2.24) is 10.2 Å². The molecule has 0 unspecified atom stereocenters. The molecule has 0 aliphatic carbocycles. The van der Waals surface area contributed by atoms with E-state index in [1.54, 1.807) is 36.3 Å². The van der Waals surface area contributed by atoms with Crippen LogP contribution in [0.1, 0.15) is 52.5 Å². The molecule has 2 aromatic carbocycles. The molecule has 2 amide bonds. The van der Waals surface area contributed by atoms with Crippen LogP contribution in [0.25, 0.3) is 0 Å². The molecule has 0 saturated heterocycles. The maximum absolute atomic E-state index is 13.5. The van der Waals surface area contributed by atoms with Gasteiger partial charge in [-0.2, -0.15) is 0 Å². The number of amides is 2. The fourth-order valence-electron chi connectivity index (χ4n) is 4.07. The molecule has 0 aliphatic rings. The van der Waals surface area contributed by atoms with Crippen molar-refractivity contribution >= 4 is 27.5 Å². The van der Waals surface area contributed by atoms with Crippen molar-refractivity contribution < 1.29 is 27.5 Å². The monoisotopic (exact) mass is 547 g/mol. The maximum atomic E-state index is 13.5. The predicted octanol–water partition coefficient (Wildman–Crippen LogP) is 3.97. The topological polar surface area (TPSA) is 105 Å². The molecule has 0 aromatic heterocycles. The summed E-state index contributed by atoms with van der Waals surface area (Å²) < 4.78 is 36.8. The number of nitrogens with zero attached hydrogens (tertiary/aromatic N) is 2. The van der Waals surface area contributed by atoms with Crippen molar-refractivity contribution in [1.29, 1.82) is 0 Å². The Morgan fingerprint density at radius 2 is 1.63 bits per heavy atom. The molecular formula is C28H41N3O6S. The van der Waals surface area contributed by atoms with E-state index in [2.05, 4.69) is 5.32 Å². The Morgan fingerprint density at radius 3 is 2.16 bits per heavy atom. The van der Waals surface area contributed by atoms with E-state index < -0.39 is 21.6 Å². The van der Waals surface area contributed by atoms with E-state index in [4.69, 9.17) is 9.47 Å². The summed E-state index contributed by atoms with van der Waals surface area (Å²) >= 11 is 0. The number of methoxy groups -OCH3 is 2. The molecule has 2 rings (SSSR count). The van der Waals surface area contributed by atoms with Crippen LogP contribution in [0.4, 0.5) is 5.69 Å². The Morgan fingerprint density at radius 1 is 1.00 bits per heavy atom. The van der Waals surface area contributed by atoms with Gasteiger partial charge in [-0.15, -0.1) is 0 Å². The van der Waals surface area contributed by atoms with Crippen LogP contribution in [0, 0.1) is 0 Å². The Bertz CT molecular complexity index is 1180. The minimum Gasteiger partial charge on any atom is -0.497 e. The second kappa shape index (κ2) is 13.5. The second-order valence-electron chi connectivity index (χ2n) is 10.2. The van der Waals surface area contributed by atoms with E-state index >= 15 is 0 Å². The minimum atomic E-state index is -3.59. The van der Waals surface area contributed by atoms with Gasteiger partial charge in [-0.3, -0.25) is 13.9 Å². The summed E-state index contributed by atoms with van der Waals surface area (Å²) in [6, 6.07) is 13.5. The van der Waals surface area contributed by atoms with Crippen LogP contribution in [0.15, 0.2) is 48.5 Å². The SMILES string of the molecule is CC[C@@H](C(=O)NC(C)(C)C)N(Cc1ccc(OC)cc1)C(=O)CCCN(c1cccc(OC)c1)S(C)(=O)=O. The number of carbonyl (C=O) groups excluding carboxylic acids is 2. The third-order valence-electron chi connectivity index (χ3n) is 5.89. The number of hydrogen-bond donors (Lipinski definition) is 1. The molecule has 0 spiro atoms. The van der Waals surface area contributed by atoms with Gasteiger partial charge in [0.15, 0.2) is 0 Å². The zero-order valence-electron chi connectivity index (χ0n) is 23.5. The lowest BCUT2D eigenvalue weighted by Gasteiger charge is -2.33. The molecule has 0 bridgehead atoms. The smallest absolute Gasteiger partial charge is 0.243 e. The summed E-state index contributed by atoms with van der Waals surface area (Å²) in [5, 5.41) is 2.98. The number of nitrogens with one attached hydrogen (secondary N) is 1. The van der Waals surface area contributed by atoms with E-state index in [1.807, 2.05) is 52.0 Å². The Kier molecular flexibility index (Phi) is 11.0. The van der Waals surface area contributed by atoms with Crippen LogP contribution in [0.2, 0.25) is 0 Å². The van der Waals surface area contributed by atoms with Gasteiger partial charge in [0.1, 0.15) is 17.5 Å². The Hall–Kier alpha value is -3.27. The lowest BCUT2D eigenvalue weighted by molar-refractivity contribution is -0.142. The van der Waals surface area contributed by atoms with Gasteiger partial charge < -0.3 is 19.7 Å². The summed E-state index contributed by atoms with van der Waals surface area (Å²) in [7, 11) is -0.497. The number of carbonyl (C=O) groups is 2. The number of ether oxygens (including phenoxy) is 2. The van der Waals surface area contributed by atoms with Crippen molar-refractivity contribution in [2.24, 2.45) is 0 Å². The first-order valence-corrected chi connectivity index (χ1v) is 14.5. The molecule has 0 fully saturated rings. The molecule has 0 radical (unpaired) electrons. The number of sulfonamides is 1. The Labute approximate surface area is 227 Å². The highest BCUT2D eigenvalue weighted by Crippen LogP contribution is 2.24. The summed E-state index contributed by atoms with van der Waals surface area (Å²) in [5.74, 6) is 0.780. The van der Waals surface area contributed by atoms with Crippen LogP contribution in [0.5, 0.6) is 11.5 Å². The molecule has 1 atom stereocenters. The van der Waals surface area contributed by atoms with Gasteiger partial charge in [0.05, 0.1) is 26.2 Å². The van der Waals surface area contributed by atoms with Crippen molar-refractivity contribution in [3.63, 3.8) is 0 Å². The van der Waals surface area contributed by atoms with Gasteiger partial charge in [0.25, 0.3) is 0 Å². The van der Waals surface area contributed by atoms with E-state index in [-0.39, 0.29) is 37.7 Å². The molecule has 2 aromatic rings. The van der Waals surface area contributed by atoms with Crippen molar-refractivity contribution in [3.8, 4) is 11.5 Å². The van der Waals surface area contributed by atoms with Gasteiger partial charge in [-0.25, -0.2) is 8.42 Å². The fraction of sp³-hybridized carbons (Fsp3) is 0.500. The average Bonchev–Trinajstić information content (AvgIpc) is 2.85. The number of hydrogen-bond acceptors (Lipinski definition) is 6. The first kappa shape index (κ1) is 31.0. The third kappa shape index (κ3) is 9.24. The molecule has 0 aliphatic heterocycles. The van der Waals surface area contributed by atoms with Crippen LogP contribution in [-0.4, -0.2) is 63.7 Å². The summed E-state index contributed by atoms with van der Waals surface area (Å²) in [6.07, 6.45) is 1.92. The summed E-state index contributed by atoms with van der Waals surface area (Å²) in [6.45, 7) is 7.90. The zero-order chi connectivity index (χ0) is 28.5. The first-order chi connectivity index (χ1) is 17.8. The number of rotatable bonds is 13. The van der Waals surface area contributed by atoms with Crippen LogP contribution in [-0.2, 0) is 26.2 Å². The van der Waals surface area contributed by atoms with E-state index in [0.717, 1.165) is 11.8 Å². The Balaban J connectivity index is 2.25. The number of benzene rings is 2. The second-order valence-corrected chi connectivity index (χ2v) is 12.1. The fourth-order valence-corrected chi connectivity index (χ4v) is 5.03. The molecule has 0 heterocycles. The number of anilines is 1. The van der Waals surface area contributed by atoms with E-state index in [1.165, 1.54) is 11.4 Å². The van der Waals surface area contributed by atoms with Gasteiger partial charge in [0.2, 0.25) is 21.8 Å². The van der Waals surface area contributed by atoms with Gasteiger partial charge in [-0.05, 0) is 63.4 Å². The maximum Gasteiger partial charge on any atom is 0.243 e. The zero-order valence-corrected chi connectivity index (χ0v) is 24.3. The standard InChI is InChI=1S/C28H41N3O6S/c1-8-25(27(33)29-28(2,3)4)30(20-21-14-16-23(36-5)17-15-21)26(32)13-10-18-31(38(7,34)35)22-11-9-12-24(19-22)37-6/h9,11-12,14-17,19,25H,8,10,13,18,20H2,1-7H3,(H,29,33)/t25-/m0/s1. The normalized spacial score (nSPS) is 12.4. The predicted molar refractivity (Wildman–Crippen MR) is 150 cm³/mol. The minimum absolute atomic E-state index is 0.0748. The molecule has 10 heteroatoms. The lowest BCUT2D eigenvalue weighted by atomic mass is 10.0. The van der Waals surface area contributed by atoms with Gasteiger partial charge >= 0.3 is 0 Å². The van der Waals surface area contributed by atoms with Crippen molar-refractivity contribution in [2.45, 2.75) is 65.1 Å². The highest BCUT2D eigenvalue weighted by atomic mass is 32.2. The van der Waals surface area contributed by atoms with Crippen LogP contribution in [0.3, 0.4) is 0 Å². The van der Waals surface area contributed by atoms with E-state index in [0.29, 0.717) is 23.6 Å². The molecule has 9 nitrogen and oxygen atoms in total.